The summed E-state index contributed by atoms with van der Waals surface area (Å²) in [6, 6.07) is 15.1. The lowest BCUT2D eigenvalue weighted by Crippen LogP contribution is -2.25. The zero-order chi connectivity index (χ0) is 18.1. The van der Waals surface area contributed by atoms with E-state index in [0.29, 0.717) is 37.3 Å². The van der Waals surface area contributed by atoms with Crippen molar-refractivity contribution in [3.8, 4) is 11.5 Å². The third-order valence-corrected chi connectivity index (χ3v) is 4.01. The Balaban J connectivity index is 1.74. The number of rotatable bonds is 9. The number of nitrogens with one attached hydrogen (secondary N) is 1. The summed E-state index contributed by atoms with van der Waals surface area (Å²) in [4.78, 5) is 12.0. The molecular formula is C20H25NO4. The van der Waals surface area contributed by atoms with Crippen molar-refractivity contribution in [3.63, 3.8) is 0 Å². The molecule has 0 aromatic heterocycles. The van der Waals surface area contributed by atoms with Gasteiger partial charge < -0.3 is 19.9 Å². The molecule has 25 heavy (non-hydrogen) atoms. The number of carbonyl (C=O) groups is 1. The van der Waals surface area contributed by atoms with Gasteiger partial charge in [-0.15, -0.1) is 0 Å². The van der Waals surface area contributed by atoms with E-state index in [1.54, 1.807) is 14.2 Å². The van der Waals surface area contributed by atoms with Crippen LogP contribution in [0.3, 0.4) is 0 Å². The fourth-order valence-corrected chi connectivity index (χ4v) is 2.57. The van der Waals surface area contributed by atoms with Crippen LogP contribution in [0.5, 0.6) is 11.5 Å². The number of aryl methyl sites for hydroxylation is 1. The molecule has 1 atom stereocenters. The third kappa shape index (κ3) is 5.80. The van der Waals surface area contributed by atoms with Crippen molar-refractivity contribution >= 4 is 5.91 Å². The van der Waals surface area contributed by atoms with Crippen molar-refractivity contribution in [2.45, 2.75) is 25.4 Å². The van der Waals surface area contributed by atoms with E-state index in [1.807, 2.05) is 48.5 Å². The minimum Gasteiger partial charge on any atom is -0.493 e. The van der Waals surface area contributed by atoms with Crippen LogP contribution in [0.4, 0.5) is 0 Å². The summed E-state index contributed by atoms with van der Waals surface area (Å²) in [5, 5.41) is 12.9. The van der Waals surface area contributed by atoms with Crippen molar-refractivity contribution in [1.82, 2.24) is 5.32 Å². The van der Waals surface area contributed by atoms with Gasteiger partial charge in [0.1, 0.15) is 0 Å². The normalized spacial score (nSPS) is 11.6. The van der Waals surface area contributed by atoms with Crippen molar-refractivity contribution in [2.24, 2.45) is 0 Å². The Kier molecular flexibility index (Phi) is 7.29. The second kappa shape index (κ2) is 9.69. The molecule has 2 aromatic carbocycles. The zero-order valence-corrected chi connectivity index (χ0v) is 14.7. The molecule has 134 valence electrons. The summed E-state index contributed by atoms with van der Waals surface area (Å²) in [5.74, 6) is 1.30. The standard InChI is InChI=1S/C20H25NO4/c1-24-18-10-8-15(14-19(18)25-2)9-11-20(23)21-13-12-17(22)16-6-4-3-5-7-16/h3-8,10,14,17,22H,9,11-13H2,1-2H3,(H,21,23)/t17-/m1/s1. The zero-order valence-electron chi connectivity index (χ0n) is 14.7. The lowest BCUT2D eigenvalue weighted by atomic mass is 10.1. The molecule has 0 bridgehead atoms. The highest BCUT2D eigenvalue weighted by Gasteiger charge is 2.09. The molecule has 1 amide bonds. The highest BCUT2D eigenvalue weighted by molar-refractivity contribution is 5.76. The van der Waals surface area contributed by atoms with Gasteiger partial charge in [-0.05, 0) is 36.1 Å². The van der Waals surface area contributed by atoms with Gasteiger partial charge in [-0.2, -0.15) is 0 Å². The van der Waals surface area contributed by atoms with E-state index >= 15 is 0 Å². The number of ether oxygens (including phenoxy) is 2. The number of amides is 1. The predicted octanol–water partition coefficient (Wildman–Crippen LogP) is 2.88. The highest BCUT2D eigenvalue weighted by atomic mass is 16.5. The van der Waals surface area contributed by atoms with E-state index in [1.165, 1.54) is 0 Å². The molecule has 0 aliphatic carbocycles. The minimum absolute atomic E-state index is 0.0324. The Morgan fingerprint density at radius 3 is 2.48 bits per heavy atom. The molecule has 0 saturated heterocycles. The molecule has 0 aliphatic heterocycles. The molecular weight excluding hydrogens is 318 g/mol. The van der Waals surface area contributed by atoms with Crippen LogP contribution in [0.2, 0.25) is 0 Å². The summed E-state index contributed by atoms with van der Waals surface area (Å²) in [5.41, 5.74) is 1.87. The topological polar surface area (TPSA) is 67.8 Å². The van der Waals surface area contributed by atoms with Crippen molar-refractivity contribution in [1.29, 1.82) is 0 Å². The molecule has 0 aliphatic rings. The van der Waals surface area contributed by atoms with Gasteiger partial charge in [-0.1, -0.05) is 36.4 Å². The van der Waals surface area contributed by atoms with Crippen LogP contribution < -0.4 is 14.8 Å². The van der Waals surface area contributed by atoms with Crippen LogP contribution in [-0.2, 0) is 11.2 Å². The van der Waals surface area contributed by atoms with Crippen molar-refractivity contribution in [2.75, 3.05) is 20.8 Å². The quantitative estimate of drug-likeness (QED) is 0.735. The van der Waals surface area contributed by atoms with Crippen molar-refractivity contribution < 1.29 is 19.4 Å². The fraction of sp³-hybridized carbons (Fsp3) is 0.350. The molecule has 5 heteroatoms. The van der Waals surface area contributed by atoms with Crippen LogP contribution in [-0.4, -0.2) is 31.8 Å². The summed E-state index contributed by atoms with van der Waals surface area (Å²) in [6.07, 6.45) is 0.934. The van der Waals surface area contributed by atoms with E-state index in [0.717, 1.165) is 11.1 Å². The molecule has 0 saturated carbocycles. The second-order valence-corrected chi connectivity index (χ2v) is 5.75. The number of aliphatic hydroxyl groups excluding tert-OH is 1. The maximum absolute atomic E-state index is 12.0. The maximum Gasteiger partial charge on any atom is 0.220 e. The maximum atomic E-state index is 12.0. The number of aliphatic hydroxyl groups is 1. The summed E-state index contributed by atoms with van der Waals surface area (Å²) in [6.45, 7) is 0.445. The first-order valence-electron chi connectivity index (χ1n) is 8.34. The van der Waals surface area contributed by atoms with Gasteiger partial charge >= 0.3 is 0 Å². The van der Waals surface area contributed by atoms with Gasteiger partial charge in [0, 0.05) is 13.0 Å². The van der Waals surface area contributed by atoms with Crippen LogP contribution in [0.25, 0.3) is 0 Å². The molecule has 5 nitrogen and oxygen atoms in total. The fourth-order valence-electron chi connectivity index (χ4n) is 2.57. The molecule has 0 heterocycles. The lowest BCUT2D eigenvalue weighted by Gasteiger charge is -2.12. The second-order valence-electron chi connectivity index (χ2n) is 5.75. The first-order valence-corrected chi connectivity index (χ1v) is 8.34. The van der Waals surface area contributed by atoms with Crippen LogP contribution >= 0.6 is 0 Å². The minimum atomic E-state index is -0.563. The molecule has 2 rings (SSSR count). The van der Waals surface area contributed by atoms with Gasteiger partial charge in [-0.3, -0.25) is 4.79 Å². The average Bonchev–Trinajstić information content (AvgIpc) is 2.66. The Bertz CT molecular complexity index is 673. The molecule has 0 fully saturated rings. The number of methoxy groups -OCH3 is 2. The highest BCUT2D eigenvalue weighted by Crippen LogP contribution is 2.27. The third-order valence-electron chi connectivity index (χ3n) is 4.01. The SMILES string of the molecule is COc1ccc(CCC(=O)NCC[C@@H](O)c2ccccc2)cc1OC. The van der Waals surface area contributed by atoms with E-state index in [9.17, 15) is 9.90 Å². The molecule has 0 unspecified atom stereocenters. The average molecular weight is 343 g/mol. The first kappa shape index (κ1) is 18.8. The van der Waals surface area contributed by atoms with E-state index < -0.39 is 6.10 Å². The Morgan fingerprint density at radius 2 is 1.80 bits per heavy atom. The molecule has 2 N–H and O–H groups in total. The summed E-state index contributed by atoms with van der Waals surface area (Å²) in [7, 11) is 3.18. The molecule has 2 aromatic rings. The number of hydrogen-bond acceptors (Lipinski definition) is 4. The van der Waals surface area contributed by atoms with Gasteiger partial charge in [0.2, 0.25) is 5.91 Å². The Morgan fingerprint density at radius 1 is 1.08 bits per heavy atom. The van der Waals surface area contributed by atoms with Crippen molar-refractivity contribution in [3.05, 3.63) is 59.7 Å². The Hall–Kier alpha value is -2.53. The Labute approximate surface area is 148 Å². The summed E-state index contributed by atoms with van der Waals surface area (Å²) < 4.78 is 10.5. The van der Waals surface area contributed by atoms with E-state index in [-0.39, 0.29) is 5.91 Å². The van der Waals surface area contributed by atoms with Crippen LogP contribution in [0.1, 0.15) is 30.1 Å². The van der Waals surface area contributed by atoms with Gasteiger partial charge in [-0.25, -0.2) is 0 Å². The van der Waals surface area contributed by atoms with Gasteiger partial charge in [0.15, 0.2) is 11.5 Å². The number of carbonyl (C=O) groups excluding carboxylic acids is 1. The monoisotopic (exact) mass is 343 g/mol. The largest absolute Gasteiger partial charge is 0.493 e. The smallest absolute Gasteiger partial charge is 0.220 e. The number of hydrogen-bond donors (Lipinski definition) is 2. The van der Waals surface area contributed by atoms with Crippen LogP contribution in [0.15, 0.2) is 48.5 Å². The number of benzene rings is 2. The van der Waals surface area contributed by atoms with E-state index in [4.69, 9.17) is 9.47 Å². The molecule has 0 radical (unpaired) electrons. The van der Waals surface area contributed by atoms with E-state index in [2.05, 4.69) is 5.32 Å². The lowest BCUT2D eigenvalue weighted by molar-refractivity contribution is -0.121. The van der Waals surface area contributed by atoms with Gasteiger partial charge in [0.05, 0.1) is 20.3 Å². The molecule has 0 spiro atoms. The summed E-state index contributed by atoms with van der Waals surface area (Å²) >= 11 is 0. The van der Waals surface area contributed by atoms with Gasteiger partial charge in [0.25, 0.3) is 0 Å². The first-order chi connectivity index (χ1) is 12.1. The van der Waals surface area contributed by atoms with Crippen LogP contribution in [0, 0.1) is 0 Å². The predicted molar refractivity (Wildman–Crippen MR) is 96.9 cm³/mol.